The summed E-state index contributed by atoms with van der Waals surface area (Å²) < 4.78 is 36.9. The van der Waals surface area contributed by atoms with Gasteiger partial charge in [0.2, 0.25) is 5.91 Å². The van der Waals surface area contributed by atoms with Gasteiger partial charge in [-0.1, -0.05) is 5.21 Å². The number of carbonyl (C=O) groups excluding carboxylic acids is 1. The molecule has 0 bridgehead atoms. The summed E-state index contributed by atoms with van der Waals surface area (Å²) in [5, 5.41) is 15.2. The van der Waals surface area contributed by atoms with Crippen LogP contribution in [0.4, 0.5) is 13.2 Å². The van der Waals surface area contributed by atoms with Crippen molar-refractivity contribution in [1.29, 1.82) is 0 Å². The maximum atomic E-state index is 12.0. The van der Waals surface area contributed by atoms with Crippen LogP contribution in [-0.2, 0) is 11.3 Å². The molecule has 0 aliphatic heterocycles. The van der Waals surface area contributed by atoms with Crippen molar-refractivity contribution in [2.24, 2.45) is 0 Å². The zero-order valence-corrected chi connectivity index (χ0v) is 9.89. The molecule has 0 aliphatic rings. The highest BCUT2D eigenvalue weighted by molar-refractivity contribution is 5.84. The Morgan fingerprint density at radius 2 is 2.11 bits per heavy atom. The summed E-state index contributed by atoms with van der Waals surface area (Å²) in [6.45, 7) is -0.836. The highest BCUT2D eigenvalue weighted by Gasteiger charge is 2.28. The molecule has 0 radical (unpaired) electrons. The van der Waals surface area contributed by atoms with Gasteiger partial charge < -0.3 is 10.0 Å². The molecule has 1 heterocycles. The molecule has 0 fully saturated rings. The molecule has 0 atom stereocenters. The van der Waals surface area contributed by atoms with Crippen LogP contribution in [0.3, 0.4) is 0 Å². The molecule has 1 rings (SSSR count). The van der Waals surface area contributed by atoms with Gasteiger partial charge in [-0.05, 0) is 0 Å². The summed E-state index contributed by atoms with van der Waals surface area (Å²) >= 11 is 0. The highest BCUT2D eigenvalue weighted by atomic mass is 19.4. The minimum Gasteiger partial charge on any atom is -0.476 e. The maximum absolute atomic E-state index is 12.0. The third-order valence-corrected chi connectivity index (χ3v) is 2.21. The van der Waals surface area contributed by atoms with Crippen molar-refractivity contribution in [3.05, 3.63) is 11.9 Å². The van der Waals surface area contributed by atoms with E-state index in [0.29, 0.717) is 0 Å². The van der Waals surface area contributed by atoms with Gasteiger partial charge in [0.15, 0.2) is 5.69 Å². The standard InChI is InChI=1S/C9H11F3N4O3/c1-15(3-2-9(10,11)12)7(17)5-16-4-6(8(18)19)13-14-16/h4H,2-3,5H2,1H3,(H,18,19). The van der Waals surface area contributed by atoms with E-state index in [0.717, 1.165) is 15.8 Å². The molecule has 1 amide bonds. The van der Waals surface area contributed by atoms with Crippen LogP contribution in [0.2, 0.25) is 0 Å². The number of likely N-dealkylation sites (N-methyl/N-ethyl adjacent to an activating group) is 1. The summed E-state index contributed by atoms with van der Waals surface area (Å²) in [5.41, 5.74) is -0.342. The number of carboxylic acids is 1. The van der Waals surface area contributed by atoms with Gasteiger partial charge in [0, 0.05) is 13.6 Å². The van der Waals surface area contributed by atoms with Gasteiger partial charge in [-0.25, -0.2) is 9.48 Å². The SMILES string of the molecule is CN(CCC(F)(F)F)C(=O)Cn1cc(C(=O)O)nn1. The highest BCUT2D eigenvalue weighted by Crippen LogP contribution is 2.19. The van der Waals surface area contributed by atoms with E-state index in [2.05, 4.69) is 10.3 Å². The molecule has 10 heteroatoms. The van der Waals surface area contributed by atoms with E-state index in [9.17, 15) is 22.8 Å². The van der Waals surface area contributed by atoms with Crippen LogP contribution in [0, 0.1) is 0 Å². The minimum absolute atomic E-state index is 0.342. The van der Waals surface area contributed by atoms with Crippen molar-refractivity contribution in [2.45, 2.75) is 19.1 Å². The van der Waals surface area contributed by atoms with E-state index >= 15 is 0 Å². The average molecular weight is 280 g/mol. The Labute approximate surface area is 105 Å². The quantitative estimate of drug-likeness (QED) is 0.842. The van der Waals surface area contributed by atoms with Crippen molar-refractivity contribution in [3.8, 4) is 0 Å². The Hall–Kier alpha value is -2.13. The molecule has 0 saturated heterocycles. The molecule has 0 saturated carbocycles. The second kappa shape index (κ2) is 5.67. The zero-order chi connectivity index (χ0) is 14.6. The fraction of sp³-hybridized carbons (Fsp3) is 0.556. The first kappa shape index (κ1) is 14.9. The first-order valence-corrected chi connectivity index (χ1v) is 5.13. The zero-order valence-electron chi connectivity index (χ0n) is 9.89. The van der Waals surface area contributed by atoms with Gasteiger partial charge in [0.1, 0.15) is 6.54 Å². The normalized spacial score (nSPS) is 11.4. The summed E-state index contributed by atoms with van der Waals surface area (Å²) in [5.74, 6) is -1.92. The van der Waals surface area contributed by atoms with Crippen LogP contribution < -0.4 is 0 Å². The second-order valence-corrected chi connectivity index (χ2v) is 3.79. The predicted molar refractivity (Wildman–Crippen MR) is 55.3 cm³/mol. The summed E-state index contributed by atoms with van der Waals surface area (Å²) in [7, 11) is 1.23. The lowest BCUT2D eigenvalue weighted by Crippen LogP contribution is -2.33. The van der Waals surface area contributed by atoms with Gasteiger partial charge in [-0.3, -0.25) is 4.79 Å². The fourth-order valence-corrected chi connectivity index (χ4v) is 1.15. The minimum atomic E-state index is -4.34. The first-order chi connectivity index (χ1) is 8.69. The number of nitrogens with zero attached hydrogens (tertiary/aromatic N) is 4. The van der Waals surface area contributed by atoms with E-state index < -0.39 is 31.0 Å². The van der Waals surface area contributed by atoms with Crippen LogP contribution in [-0.4, -0.2) is 56.6 Å². The summed E-state index contributed by atoms with van der Waals surface area (Å²) in [6, 6.07) is 0. The molecule has 0 unspecified atom stereocenters. The molecular weight excluding hydrogens is 269 g/mol. The largest absolute Gasteiger partial charge is 0.476 e. The van der Waals surface area contributed by atoms with Gasteiger partial charge in [-0.2, -0.15) is 13.2 Å². The number of carbonyl (C=O) groups is 2. The van der Waals surface area contributed by atoms with Gasteiger partial charge in [-0.15, -0.1) is 5.10 Å². The molecule has 1 aromatic rings. The molecule has 0 aliphatic carbocycles. The van der Waals surface area contributed by atoms with E-state index in [1.807, 2.05) is 0 Å². The number of amides is 1. The van der Waals surface area contributed by atoms with Crippen molar-refractivity contribution < 1.29 is 27.9 Å². The van der Waals surface area contributed by atoms with Crippen molar-refractivity contribution in [3.63, 3.8) is 0 Å². The Morgan fingerprint density at radius 1 is 1.47 bits per heavy atom. The molecule has 0 aromatic carbocycles. The number of halogens is 3. The average Bonchev–Trinajstić information content (AvgIpc) is 2.73. The van der Waals surface area contributed by atoms with Crippen molar-refractivity contribution in [1.82, 2.24) is 19.9 Å². The molecule has 1 aromatic heterocycles. The second-order valence-electron chi connectivity index (χ2n) is 3.79. The van der Waals surface area contributed by atoms with Gasteiger partial charge >= 0.3 is 12.1 Å². The van der Waals surface area contributed by atoms with Crippen LogP contribution in [0.1, 0.15) is 16.9 Å². The van der Waals surface area contributed by atoms with Crippen LogP contribution in [0.25, 0.3) is 0 Å². The molecule has 7 nitrogen and oxygen atoms in total. The Balaban J connectivity index is 2.51. The lowest BCUT2D eigenvalue weighted by atomic mass is 10.3. The monoisotopic (exact) mass is 280 g/mol. The molecule has 19 heavy (non-hydrogen) atoms. The van der Waals surface area contributed by atoms with Crippen LogP contribution >= 0.6 is 0 Å². The molecule has 1 N–H and O–H groups in total. The number of carboxylic acid groups (broad SMARTS) is 1. The number of aromatic nitrogens is 3. The Bertz CT molecular complexity index is 472. The van der Waals surface area contributed by atoms with Gasteiger partial charge in [0.05, 0.1) is 12.6 Å². The maximum Gasteiger partial charge on any atom is 0.390 e. The van der Waals surface area contributed by atoms with E-state index in [4.69, 9.17) is 5.11 Å². The third kappa shape index (κ3) is 4.94. The molecular formula is C9H11F3N4O3. The summed E-state index contributed by atoms with van der Waals surface area (Å²) in [4.78, 5) is 22.9. The van der Waals surface area contributed by atoms with E-state index in [-0.39, 0.29) is 12.2 Å². The smallest absolute Gasteiger partial charge is 0.390 e. The molecule has 106 valence electrons. The van der Waals surface area contributed by atoms with Crippen LogP contribution in [0.5, 0.6) is 0 Å². The van der Waals surface area contributed by atoms with E-state index in [1.165, 1.54) is 7.05 Å². The third-order valence-electron chi connectivity index (χ3n) is 2.21. The lowest BCUT2D eigenvalue weighted by molar-refractivity contribution is -0.144. The Kier molecular flexibility index (Phi) is 4.46. The number of aromatic carboxylic acids is 1. The van der Waals surface area contributed by atoms with E-state index in [1.54, 1.807) is 0 Å². The number of hydrogen-bond acceptors (Lipinski definition) is 4. The fourth-order valence-electron chi connectivity index (χ4n) is 1.15. The predicted octanol–water partition coefficient (Wildman–Crippen LogP) is 0.387. The number of rotatable bonds is 5. The molecule has 0 spiro atoms. The lowest BCUT2D eigenvalue weighted by Gasteiger charge is -2.17. The Morgan fingerprint density at radius 3 is 2.58 bits per heavy atom. The summed E-state index contributed by atoms with van der Waals surface area (Å²) in [6.07, 6.45) is -4.41. The van der Waals surface area contributed by atoms with Gasteiger partial charge in [0.25, 0.3) is 0 Å². The van der Waals surface area contributed by atoms with Crippen molar-refractivity contribution >= 4 is 11.9 Å². The van der Waals surface area contributed by atoms with Crippen molar-refractivity contribution in [2.75, 3.05) is 13.6 Å². The number of alkyl halides is 3. The number of hydrogen-bond donors (Lipinski definition) is 1. The first-order valence-electron chi connectivity index (χ1n) is 5.13. The van der Waals surface area contributed by atoms with Crippen LogP contribution in [0.15, 0.2) is 6.20 Å². The topological polar surface area (TPSA) is 88.3 Å².